The molecule has 1 saturated carbocycles. The second-order valence-electron chi connectivity index (χ2n) is 6.58. The Morgan fingerprint density at radius 1 is 1.12 bits per heavy atom. The molecule has 0 atom stereocenters. The maximum Gasteiger partial charge on any atom is 0.262 e. The molecule has 0 saturated heterocycles. The number of nitrogens with one attached hydrogen (secondary N) is 2. The zero-order chi connectivity index (χ0) is 18.7. The van der Waals surface area contributed by atoms with E-state index < -0.39 is 10.0 Å². The lowest BCUT2D eigenvalue weighted by Crippen LogP contribution is -2.26. The first-order valence-electron chi connectivity index (χ1n) is 8.45. The van der Waals surface area contributed by atoms with Gasteiger partial charge < -0.3 is 10.1 Å². The van der Waals surface area contributed by atoms with Crippen LogP contribution in [0.4, 0.5) is 5.69 Å². The highest BCUT2D eigenvalue weighted by Gasteiger charge is 2.28. The summed E-state index contributed by atoms with van der Waals surface area (Å²) in [4.78, 5) is 12.2. The summed E-state index contributed by atoms with van der Waals surface area (Å²) in [6, 6.07) is 12.0. The van der Waals surface area contributed by atoms with E-state index in [1.807, 2.05) is 32.0 Å². The summed E-state index contributed by atoms with van der Waals surface area (Å²) in [5.41, 5.74) is 2.53. The minimum Gasteiger partial charge on any atom is -0.484 e. The van der Waals surface area contributed by atoms with Crippen LogP contribution in [-0.2, 0) is 14.8 Å². The number of sulfonamides is 1. The predicted molar refractivity (Wildman–Crippen MR) is 99.8 cm³/mol. The van der Waals surface area contributed by atoms with E-state index in [1.165, 1.54) is 12.1 Å². The molecule has 0 unspecified atom stereocenters. The van der Waals surface area contributed by atoms with Crippen molar-refractivity contribution in [2.75, 3.05) is 11.9 Å². The molecular weight excluding hydrogens is 352 g/mol. The number of carbonyl (C=O) groups is 1. The smallest absolute Gasteiger partial charge is 0.262 e. The number of carbonyl (C=O) groups excluding carboxylic acids is 1. The molecule has 2 N–H and O–H groups in total. The summed E-state index contributed by atoms with van der Waals surface area (Å²) in [5, 5.41) is 2.67. The van der Waals surface area contributed by atoms with E-state index in [0.717, 1.165) is 24.0 Å². The zero-order valence-electron chi connectivity index (χ0n) is 14.8. The van der Waals surface area contributed by atoms with E-state index in [2.05, 4.69) is 10.0 Å². The molecule has 6 nitrogen and oxygen atoms in total. The molecule has 1 aliphatic rings. The molecule has 138 valence electrons. The first kappa shape index (κ1) is 18.4. The van der Waals surface area contributed by atoms with E-state index in [0.29, 0.717) is 11.4 Å². The molecule has 3 rings (SSSR count). The third-order valence-corrected chi connectivity index (χ3v) is 5.41. The molecule has 0 radical (unpaired) electrons. The topological polar surface area (TPSA) is 84.5 Å². The third kappa shape index (κ3) is 5.06. The van der Waals surface area contributed by atoms with E-state index in [4.69, 9.17) is 4.74 Å². The maximum atomic E-state index is 12.2. The third-order valence-electron chi connectivity index (χ3n) is 3.89. The van der Waals surface area contributed by atoms with Crippen molar-refractivity contribution in [2.24, 2.45) is 0 Å². The van der Waals surface area contributed by atoms with E-state index in [1.54, 1.807) is 12.1 Å². The minimum absolute atomic E-state index is 0.0319. The van der Waals surface area contributed by atoms with E-state index >= 15 is 0 Å². The molecule has 1 fully saturated rings. The first-order valence-corrected chi connectivity index (χ1v) is 9.93. The lowest BCUT2D eigenvalue weighted by atomic mass is 10.1. The fourth-order valence-electron chi connectivity index (χ4n) is 2.59. The molecule has 0 aromatic heterocycles. The number of amides is 1. The predicted octanol–water partition coefficient (Wildman–Crippen LogP) is 2.76. The van der Waals surface area contributed by atoms with E-state index in [9.17, 15) is 13.2 Å². The summed E-state index contributed by atoms with van der Waals surface area (Å²) < 4.78 is 32.6. The average molecular weight is 374 g/mol. The van der Waals surface area contributed by atoms with Crippen molar-refractivity contribution in [3.05, 3.63) is 53.6 Å². The van der Waals surface area contributed by atoms with Gasteiger partial charge in [-0.1, -0.05) is 12.1 Å². The Kier molecular flexibility index (Phi) is 5.29. The van der Waals surface area contributed by atoms with Gasteiger partial charge in [-0.25, -0.2) is 13.1 Å². The largest absolute Gasteiger partial charge is 0.484 e. The molecule has 0 heterocycles. The van der Waals surface area contributed by atoms with Crippen LogP contribution in [0.5, 0.6) is 5.75 Å². The normalized spacial score (nSPS) is 14.1. The molecule has 2 aromatic rings. The van der Waals surface area contributed by atoms with Gasteiger partial charge in [0.1, 0.15) is 5.75 Å². The highest BCUT2D eigenvalue weighted by molar-refractivity contribution is 7.89. The minimum atomic E-state index is -3.55. The number of anilines is 1. The van der Waals surface area contributed by atoms with Crippen LogP contribution in [-0.4, -0.2) is 27.0 Å². The molecule has 2 aromatic carbocycles. The quantitative estimate of drug-likeness (QED) is 0.780. The van der Waals surface area contributed by atoms with Gasteiger partial charge in [0.2, 0.25) is 10.0 Å². The van der Waals surface area contributed by atoms with Gasteiger partial charge in [-0.15, -0.1) is 0 Å². The Bertz CT molecular complexity index is 901. The lowest BCUT2D eigenvalue weighted by Gasteiger charge is -2.10. The first-order chi connectivity index (χ1) is 12.3. The highest BCUT2D eigenvalue weighted by Crippen LogP contribution is 2.23. The fraction of sp³-hybridized carbons (Fsp3) is 0.316. The van der Waals surface area contributed by atoms with Gasteiger partial charge in [-0.2, -0.15) is 0 Å². The lowest BCUT2D eigenvalue weighted by molar-refractivity contribution is -0.118. The van der Waals surface area contributed by atoms with Crippen molar-refractivity contribution in [2.45, 2.75) is 37.6 Å². The SMILES string of the molecule is Cc1cc(C)cc(OCC(=O)Nc2cccc(S(=O)(=O)NC3CC3)c2)c1. The highest BCUT2D eigenvalue weighted by atomic mass is 32.2. The Hall–Kier alpha value is -2.38. The maximum absolute atomic E-state index is 12.2. The Balaban J connectivity index is 1.61. The number of ether oxygens (including phenoxy) is 1. The van der Waals surface area contributed by atoms with Gasteiger partial charge in [-0.05, 0) is 68.1 Å². The summed E-state index contributed by atoms with van der Waals surface area (Å²) in [5.74, 6) is 0.275. The van der Waals surface area contributed by atoms with Crippen LogP contribution in [0, 0.1) is 13.8 Å². The Morgan fingerprint density at radius 2 is 1.81 bits per heavy atom. The monoisotopic (exact) mass is 374 g/mol. The van der Waals surface area contributed by atoms with Gasteiger partial charge in [-0.3, -0.25) is 4.79 Å². The summed E-state index contributed by atoms with van der Waals surface area (Å²) in [7, 11) is -3.55. The van der Waals surface area contributed by atoms with Crippen molar-refractivity contribution < 1.29 is 17.9 Å². The van der Waals surface area contributed by atoms with Crippen molar-refractivity contribution >= 4 is 21.6 Å². The number of hydrogen-bond acceptors (Lipinski definition) is 4. The van der Waals surface area contributed by atoms with Crippen molar-refractivity contribution in [1.82, 2.24) is 4.72 Å². The van der Waals surface area contributed by atoms with Crippen molar-refractivity contribution in [3.63, 3.8) is 0 Å². The zero-order valence-corrected chi connectivity index (χ0v) is 15.6. The van der Waals surface area contributed by atoms with Gasteiger partial charge >= 0.3 is 0 Å². The van der Waals surface area contributed by atoms with Crippen LogP contribution in [0.1, 0.15) is 24.0 Å². The van der Waals surface area contributed by atoms with Gasteiger partial charge in [0.25, 0.3) is 5.91 Å². The van der Waals surface area contributed by atoms with Gasteiger partial charge in [0.15, 0.2) is 6.61 Å². The van der Waals surface area contributed by atoms with Crippen molar-refractivity contribution in [1.29, 1.82) is 0 Å². The molecule has 0 aliphatic heterocycles. The number of aryl methyl sites for hydroxylation is 2. The Morgan fingerprint density at radius 3 is 2.46 bits per heavy atom. The second-order valence-corrected chi connectivity index (χ2v) is 8.30. The molecular formula is C19H22N2O4S. The number of rotatable bonds is 7. The van der Waals surface area contributed by atoms with Gasteiger partial charge in [0, 0.05) is 11.7 Å². The molecule has 26 heavy (non-hydrogen) atoms. The van der Waals surface area contributed by atoms with Crippen LogP contribution < -0.4 is 14.8 Å². The van der Waals surface area contributed by atoms with Crippen LogP contribution >= 0.6 is 0 Å². The van der Waals surface area contributed by atoms with Gasteiger partial charge in [0.05, 0.1) is 4.90 Å². The molecule has 1 aliphatic carbocycles. The number of hydrogen-bond donors (Lipinski definition) is 2. The second kappa shape index (κ2) is 7.47. The van der Waals surface area contributed by atoms with Crippen molar-refractivity contribution in [3.8, 4) is 5.75 Å². The Labute approximate surface area is 153 Å². The standard InChI is InChI=1S/C19H22N2O4S/c1-13-8-14(2)10-17(9-13)25-12-19(22)20-16-4-3-5-18(11-16)26(23,24)21-15-6-7-15/h3-5,8-11,15,21H,6-7,12H2,1-2H3,(H,20,22). The molecule has 1 amide bonds. The average Bonchev–Trinajstić information content (AvgIpc) is 3.36. The van der Waals surface area contributed by atoms with Crippen LogP contribution in [0.25, 0.3) is 0 Å². The fourth-order valence-corrected chi connectivity index (χ4v) is 3.94. The van der Waals surface area contributed by atoms with Crippen LogP contribution in [0.15, 0.2) is 47.4 Å². The number of benzene rings is 2. The van der Waals surface area contributed by atoms with Crippen LogP contribution in [0.2, 0.25) is 0 Å². The van der Waals surface area contributed by atoms with Crippen LogP contribution in [0.3, 0.4) is 0 Å². The summed E-state index contributed by atoms with van der Waals surface area (Å²) in [6.07, 6.45) is 1.73. The molecule has 7 heteroatoms. The summed E-state index contributed by atoms with van der Waals surface area (Å²) in [6.45, 7) is 3.77. The summed E-state index contributed by atoms with van der Waals surface area (Å²) >= 11 is 0. The molecule has 0 bridgehead atoms. The van der Waals surface area contributed by atoms with E-state index in [-0.39, 0.29) is 23.5 Å². The molecule has 0 spiro atoms.